The molecule has 6 nitrogen and oxygen atoms in total. The zero-order valence-electron chi connectivity index (χ0n) is 9.14. The number of oxime groups is 1. The number of rotatable bonds is 5. The third-order valence-corrected chi connectivity index (χ3v) is 1.61. The monoisotopic (exact) mass is 223 g/mol. The maximum Gasteiger partial charge on any atom is 0.289 e. The maximum absolute atomic E-state index is 11.0. The number of pyridine rings is 1. The average molecular weight is 223 g/mol. The summed E-state index contributed by atoms with van der Waals surface area (Å²) in [5, 5.41) is 3.28. The topological polar surface area (TPSA) is 72.8 Å². The Morgan fingerprint density at radius 3 is 3.12 bits per heavy atom. The van der Waals surface area contributed by atoms with Gasteiger partial charge in [0.05, 0.1) is 5.69 Å². The van der Waals surface area contributed by atoms with Crippen LogP contribution >= 0.6 is 0 Å². The van der Waals surface area contributed by atoms with Crippen molar-refractivity contribution in [1.29, 1.82) is 0 Å². The van der Waals surface area contributed by atoms with Crippen LogP contribution in [0.5, 0.6) is 0 Å². The van der Waals surface area contributed by atoms with Gasteiger partial charge >= 0.3 is 0 Å². The standard InChI is InChI=1S/C10H13N3O3/c1-8-4-3-5-9(12-8)7-16-13-10(14)6-11-15-2/h3-6H,7H2,1-2H3,(H,13,14)/b11-6+. The first kappa shape index (κ1) is 12.1. The fourth-order valence-corrected chi connectivity index (χ4v) is 0.988. The van der Waals surface area contributed by atoms with Gasteiger partial charge in [0.2, 0.25) is 0 Å². The van der Waals surface area contributed by atoms with Crippen LogP contribution in [-0.4, -0.2) is 24.2 Å². The molecule has 0 atom stereocenters. The van der Waals surface area contributed by atoms with E-state index in [0.717, 1.165) is 17.6 Å². The molecular formula is C10H13N3O3. The summed E-state index contributed by atoms with van der Waals surface area (Å²) in [4.78, 5) is 24.4. The van der Waals surface area contributed by atoms with Crippen molar-refractivity contribution in [2.45, 2.75) is 13.5 Å². The van der Waals surface area contributed by atoms with Crippen LogP contribution < -0.4 is 5.48 Å². The van der Waals surface area contributed by atoms with Crippen molar-refractivity contribution in [3.8, 4) is 0 Å². The minimum Gasteiger partial charge on any atom is -0.399 e. The lowest BCUT2D eigenvalue weighted by Gasteiger charge is -2.03. The molecule has 1 heterocycles. The van der Waals surface area contributed by atoms with E-state index < -0.39 is 5.91 Å². The molecule has 1 N–H and O–H groups in total. The number of nitrogens with zero attached hydrogens (tertiary/aromatic N) is 2. The second kappa shape index (κ2) is 6.52. The molecule has 0 unspecified atom stereocenters. The molecule has 1 aromatic heterocycles. The maximum atomic E-state index is 11.0. The van der Waals surface area contributed by atoms with Gasteiger partial charge in [0.15, 0.2) is 0 Å². The smallest absolute Gasteiger partial charge is 0.289 e. The van der Waals surface area contributed by atoms with Crippen molar-refractivity contribution < 1.29 is 14.5 Å². The molecule has 0 fully saturated rings. The molecule has 0 radical (unpaired) electrons. The predicted octanol–water partition coefficient (Wildman–Crippen LogP) is 0.570. The summed E-state index contributed by atoms with van der Waals surface area (Å²) in [6.07, 6.45) is 0.976. The fraction of sp³-hybridized carbons (Fsp3) is 0.300. The minimum absolute atomic E-state index is 0.203. The van der Waals surface area contributed by atoms with Crippen LogP contribution in [0.3, 0.4) is 0 Å². The fourth-order valence-electron chi connectivity index (χ4n) is 0.988. The Hall–Kier alpha value is -1.95. The van der Waals surface area contributed by atoms with E-state index in [1.165, 1.54) is 7.11 Å². The van der Waals surface area contributed by atoms with E-state index >= 15 is 0 Å². The normalized spacial score (nSPS) is 10.4. The van der Waals surface area contributed by atoms with E-state index in [1.807, 2.05) is 25.1 Å². The number of amides is 1. The molecule has 1 amide bonds. The summed E-state index contributed by atoms with van der Waals surface area (Å²) in [5.74, 6) is -0.491. The van der Waals surface area contributed by atoms with Crippen molar-refractivity contribution in [3.05, 3.63) is 29.6 Å². The number of carbonyl (C=O) groups is 1. The van der Waals surface area contributed by atoms with Crippen LogP contribution in [0, 0.1) is 6.92 Å². The van der Waals surface area contributed by atoms with E-state index in [0.29, 0.717) is 0 Å². The molecule has 0 spiro atoms. The molecular weight excluding hydrogens is 210 g/mol. The Kier molecular flexibility index (Phi) is 4.94. The highest BCUT2D eigenvalue weighted by atomic mass is 16.7. The van der Waals surface area contributed by atoms with Gasteiger partial charge in [-0.15, -0.1) is 0 Å². The predicted molar refractivity (Wildman–Crippen MR) is 57.4 cm³/mol. The lowest BCUT2D eigenvalue weighted by Crippen LogP contribution is -2.24. The minimum atomic E-state index is -0.491. The first-order valence-corrected chi connectivity index (χ1v) is 4.63. The number of hydroxylamine groups is 1. The van der Waals surface area contributed by atoms with E-state index in [9.17, 15) is 4.79 Å². The van der Waals surface area contributed by atoms with E-state index in [1.54, 1.807) is 0 Å². The Balaban J connectivity index is 2.30. The second-order valence-corrected chi connectivity index (χ2v) is 2.94. The lowest BCUT2D eigenvalue weighted by molar-refractivity contribution is -0.127. The van der Waals surface area contributed by atoms with E-state index in [-0.39, 0.29) is 6.61 Å². The van der Waals surface area contributed by atoms with Gasteiger partial charge in [-0.2, -0.15) is 0 Å². The van der Waals surface area contributed by atoms with Gasteiger partial charge in [-0.25, -0.2) is 5.48 Å². The summed E-state index contributed by atoms with van der Waals surface area (Å²) in [7, 11) is 1.35. The molecule has 0 aliphatic rings. The molecule has 0 aromatic carbocycles. The van der Waals surface area contributed by atoms with Gasteiger partial charge in [-0.1, -0.05) is 11.2 Å². The van der Waals surface area contributed by atoms with Crippen molar-refractivity contribution >= 4 is 12.1 Å². The van der Waals surface area contributed by atoms with Crippen LogP contribution in [0.4, 0.5) is 0 Å². The molecule has 0 aliphatic heterocycles. The summed E-state index contributed by atoms with van der Waals surface area (Å²) in [5.41, 5.74) is 3.81. The van der Waals surface area contributed by atoms with Gasteiger partial charge < -0.3 is 4.84 Å². The van der Waals surface area contributed by atoms with Gasteiger partial charge in [-0.3, -0.25) is 14.6 Å². The first-order valence-electron chi connectivity index (χ1n) is 4.63. The molecule has 16 heavy (non-hydrogen) atoms. The van der Waals surface area contributed by atoms with E-state index in [2.05, 4.69) is 20.5 Å². The van der Waals surface area contributed by atoms with Crippen LogP contribution in [0.25, 0.3) is 0 Å². The van der Waals surface area contributed by atoms with Crippen molar-refractivity contribution in [2.75, 3.05) is 7.11 Å². The van der Waals surface area contributed by atoms with Crippen molar-refractivity contribution in [3.63, 3.8) is 0 Å². The lowest BCUT2D eigenvalue weighted by atomic mass is 10.3. The van der Waals surface area contributed by atoms with Gasteiger partial charge in [-0.05, 0) is 19.1 Å². The number of hydrogen-bond acceptors (Lipinski definition) is 5. The zero-order chi connectivity index (χ0) is 11.8. The zero-order valence-corrected chi connectivity index (χ0v) is 9.14. The Morgan fingerprint density at radius 1 is 1.62 bits per heavy atom. The third kappa shape index (κ3) is 4.52. The first-order chi connectivity index (χ1) is 7.72. The van der Waals surface area contributed by atoms with Gasteiger partial charge in [0.1, 0.15) is 19.9 Å². The van der Waals surface area contributed by atoms with Crippen LogP contribution in [0.1, 0.15) is 11.4 Å². The highest BCUT2D eigenvalue weighted by Gasteiger charge is 1.98. The molecule has 86 valence electrons. The summed E-state index contributed by atoms with van der Waals surface area (Å²) in [6, 6.07) is 5.56. The van der Waals surface area contributed by atoms with Crippen LogP contribution in [-0.2, 0) is 21.1 Å². The molecule has 0 saturated carbocycles. The summed E-state index contributed by atoms with van der Waals surface area (Å²) < 4.78 is 0. The number of aryl methyl sites for hydroxylation is 1. The Labute approximate surface area is 93.2 Å². The molecule has 0 saturated heterocycles. The second-order valence-electron chi connectivity index (χ2n) is 2.94. The number of hydrogen-bond donors (Lipinski definition) is 1. The quantitative estimate of drug-likeness (QED) is 0.585. The van der Waals surface area contributed by atoms with Gasteiger partial charge in [0.25, 0.3) is 5.91 Å². The summed E-state index contributed by atoms with van der Waals surface area (Å²) in [6.45, 7) is 2.08. The molecule has 1 aromatic rings. The number of carbonyl (C=O) groups excluding carboxylic acids is 1. The molecule has 0 aliphatic carbocycles. The Morgan fingerprint density at radius 2 is 2.44 bits per heavy atom. The number of aromatic nitrogens is 1. The van der Waals surface area contributed by atoms with Crippen molar-refractivity contribution in [1.82, 2.24) is 10.5 Å². The average Bonchev–Trinajstić information content (AvgIpc) is 2.26. The van der Waals surface area contributed by atoms with Crippen molar-refractivity contribution in [2.24, 2.45) is 5.16 Å². The van der Waals surface area contributed by atoms with Crippen LogP contribution in [0.2, 0.25) is 0 Å². The Bertz CT molecular complexity index is 379. The molecule has 6 heteroatoms. The number of nitrogens with one attached hydrogen (secondary N) is 1. The SMILES string of the molecule is CO/N=C/C(=O)NOCc1cccc(C)n1. The largest absolute Gasteiger partial charge is 0.399 e. The highest BCUT2D eigenvalue weighted by molar-refractivity contribution is 6.25. The molecule has 0 bridgehead atoms. The van der Waals surface area contributed by atoms with Crippen LogP contribution in [0.15, 0.2) is 23.4 Å². The third-order valence-electron chi connectivity index (χ3n) is 1.61. The molecule has 1 rings (SSSR count). The van der Waals surface area contributed by atoms with E-state index in [4.69, 9.17) is 4.84 Å². The van der Waals surface area contributed by atoms with Gasteiger partial charge in [0, 0.05) is 5.69 Å². The highest BCUT2D eigenvalue weighted by Crippen LogP contribution is 1.98. The summed E-state index contributed by atoms with van der Waals surface area (Å²) >= 11 is 0.